The van der Waals surface area contributed by atoms with E-state index in [0.29, 0.717) is 11.1 Å². The Morgan fingerprint density at radius 3 is 2.88 bits per heavy atom. The predicted molar refractivity (Wildman–Crippen MR) is 104 cm³/mol. The van der Waals surface area contributed by atoms with Crippen LogP contribution in [0.3, 0.4) is 0 Å². The van der Waals surface area contributed by atoms with Crippen LogP contribution in [0.15, 0.2) is 68.1 Å². The lowest BCUT2D eigenvalue weighted by Crippen LogP contribution is -2.26. The second-order valence-corrected chi connectivity index (χ2v) is 7.50. The minimum atomic E-state index is -0.268. The summed E-state index contributed by atoms with van der Waals surface area (Å²) >= 11 is 4.86. The van der Waals surface area contributed by atoms with E-state index in [1.807, 2.05) is 41.8 Å². The number of hydrogen-bond acceptors (Lipinski definition) is 5. The third-order valence-electron chi connectivity index (χ3n) is 4.19. The Morgan fingerprint density at radius 2 is 2.19 bits per heavy atom. The molecule has 1 aromatic carbocycles. The number of thiophene rings is 1. The van der Waals surface area contributed by atoms with E-state index in [4.69, 9.17) is 9.15 Å². The molecule has 0 fully saturated rings. The summed E-state index contributed by atoms with van der Waals surface area (Å²) in [6, 6.07) is 14.9. The average Bonchev–Trinajstić information content (AvgIpc) is 3.40. The van der Waals surface area contributed by atoms with Crippen LogP contribution in [0.5, 0.6) is 5.75 Å². The Labute approximate surface area is 163 Å². The van der Waals surface area contributed by atoms with Crippen molar-refractivity contribution < 1.29 is 13.9 Å². The largest absolute Gasteiger partial charge is 0.497 e. The summed E-state index contributed by atoms with van der Waals surface area (Å²) in [4.78, 5) is 14.1. The summed E-state index contributed by atoms with van der Waals surface area (Å²) in [6.45, 7) is 0. The van der Waals surface area contributed by atoms with Gasteiger partial charge in [-0.2, -0.15) is 5.10 Å². The van der Waals surface area contributed by atoms with Gasteiger partial charge in [-0.15, -0.1) is 11.3 Å². The van der Waals surface area contributed by atoms with E-state index >= 15 is 0 Å². The highest BCUT2D eigenvalue weighted by molar-refractivity contribution is 9.10. The number of furan rings is 1. The van der Waals surface area contributed by atoms with Gasteiger partial charge in [0.2, 0.25) is 0 Å². The molecule has 0 N–H and O–H groups in total. The first-order chi connectivity index (χ1) is 12.7. The highest BCUT2D eigenvalue weighted by atomic mass is 79.9. The van der Waals surface area contributed by atoms with Crippen LogP contribution in [-0.4, -0.2) is 23.7 Å². The number of benzene rings is 1. The lowest BCUT2D eigenvalue weighted by atomic mass is 10.0. The Balaban J connectivity index is 1.72. The molecule has 1 amide bonds. The minimum Gasteiger partial charge on any atom is -0.497 e. The zero-order chi connectivity index (χ0) is 18.1. The van der Waals surface area contributed by atoms with Gasteiger partial charge in [-0.25, -0.2) is 5.01 Å². The van der Waals surface area contributed by atoms with E-state index in [-0.39, 0.29) is 17.7 Å². The highest BCUT2D eigenvalue weighted by Gasteiger charge is 2.35. The van der Waals surface area contributed by atoms with Crippen LogP contribution in [0.1, 0.15) is 33.5 Å². The monoisotopic (exact) mass is 430 g/mol. The standard InChI is InChI=1S/C19H15BrN2O3S/c1-24-13-5-2-4-12(10-13)15-11-14(17-6-3-9-26-17)21-22(15)19(23)16-7-8-18(20)25-16/h2-10,15H,11H2,1H3/t15-/m1/s1. The number of rotatable bonds is 4. The van der Waals surface area contributed by atoms with Crippen molar-refractivity contribution in [2.45, 2.75) is 12.5 Å². The van der Waals surface area contributed by atoms with Crippen LogP contribution in [0, 0.1) is 0 Å². The molecule has 26 heavy (non-hydrogen) atoms. The number of carbonyl (C=O) groups is 1. The molecule has 7 heteroatoms. The zero-order valence-corrected chi connectivity index (χ0v) is 16.3. The van der Waals surface area contributed by atoms with Crippen molar-refractivity contribution in [1.29, 1.82) is 0 Å². The number of hydrogen-bond donors (Lipinski definition) is 0. The van der Waals surface area contributed by atoms with Crippen LogP contribution >= 0.6 is 27.3 Å². The molecule has 0 unspecified atom stereocenters. The molecule has 0 radical (unpaired) electrons. The Kier molecular flexibility index (Phi) is 4.65. The highest BCUT2D eigenvalue weighted by Crippen LogP contribution is 2.36. The molecule has 0 aliphatic carbocycles. The second kappa shape index (κ2) is 7.09. The van der Waals surface area contributed by atoms with Crippen LogP contribution in [0.2, 0.25) is 0 Å². The molecule has 5 nitrogen and oxygen atoms in total. The molecular formula is C19H15BrN2O3S. The molecule has 1 aliphatic rings. The summed E-state index contributed by atoms with van der Waals surface area (Å²) in [5, 5.41) is 8.14. The number of hydrazone groups is 1. The topological polar surface area (TPSA) is 55.0 Å². The van der Waals surface area contributed by atoms with Gasteiger partial charge < -0.3 is 9.15 Å². The van der Waals surface area contributed by atoms with E-state index in [1.165, 1.54) is 5.01 Å². The average molecular weight is 431 g/mol. The minimum absolute atomic E-state index is 0.210. The van der Waals surface area contributed by atoms with Gasteiger partial charge in [0.1, 0.15) is 5.75 Å². The SMILES string of the molecule is COc1cccc([C@H]2CC(c3cccs3)=NN2C(=O)c2ccc(Br)o2)c1. The Bertz CT molecular complexity index is 965. The molecule has 132 valence electrons. The van der Waals surface area contributed by atoms with E-state index in [1.54, 1.807) is 30.6 Å². The fourth-order valence-electron chi connectivity index (χ4n) is 2.94. The third kappa shape index (κ3) is 3.20. The molecule has 0 saturated heterocycles. The molecule has 3 aromatic rings. The van der Waals surface area contributed by atoms with Gasteiger partial charge in [0, 0.05) is 6.42 Å². The van der Waals surface area contributed by atoms with Gasteiger partial charge in [0.25, 0.3) is 0 Å². The first-order valence-corrected chi connectivity index (χ1v) is 9.67. The fraction of sp³-hybridized carbons (Fsp3) is 0.158. The quantitative estimate of drug-likeness (QED) is 0.578. The summed E-state index contributed by atoms with van der Waals surface area (Å²) in [7, 11) is 1.63. The van der Waals surface area contributed by atoms with E-state index < -0.39 is 0 Å². The number of carbonyl (C=O) groups excluding carboxylic acids is 1. The molecule has 1 aliphatic heterocycles. The molecule has 0 spiro atoms. The zero-order valence-electron chi connectivity index (χ0n) is 13.9. The van der Waals surface area contributed by atoms with Gasteiger partial charge in [0.15, 0.2) is 10.4 Å². The third-order valence-corrected chi connectivity index (χ3v) is 5.53. The Morgan fingerprint density at radius 1 is 1.31 bits per heavy atom. The second-order valence-electron chi connectivity index (χ2n) is 5.77. The van der Waals surface area contributed by atoms with Crippen molar-refractivity contribution in [2.75, 3.05) is 7.11 Å². The lowest BCUT2D eigenvalue weighted by molar-refractivity contribution is 0.0677. The number of nitrogens with zero attached hydrogens (tertiary/aromatic N) is 2. The van der Waals surface area contributed by atoms with Crippen molar-refractivity contribution in [3.63, 3.8) is 0 Å². The van der Waals surface area contributed by atoms with Crippen LogP contribution in [-0.2, 0) is 0 Å². The van der Waals surface area contributed by atoms with Gasteiger partial charge in [-0.05, 0) is 57.2 Å². The number of methoxy groups -OCH3 is 1. The summed E-state index contributed by atoms with van der Waals surface area (Å²) in [5.74, 6) is 0.733. The molecule has 1 atom stereocenters. The molecule has 4 rings (SSSR count). The van der Waals surface area contributed by atoms with Crippen molar-refractivity contribution in [1.82, 2.24) is 5.01 Å². The van der Waals surface area contributed by atoms with E-state index in [0.717, 1.165) is 21.9 Å². The lowest BCUT2D eigenvalue weighted by Gasteiger charge is -2.21. The normalized spacial score (nSPS) is 16.6. The van der Waals surface area contributed by atoms with Gasteiger partial charge in [-0.1, -0.05) is 18.2 Å². The van der Waals surface area contributed by atoms with Crippen LogP contribution in [0.4, 0.5) is 0 Å². The van der Waals surface area contributed by atoms with Crippen molar-refractivity contribution in [2.24, 2.45) is 5.10 Å². The molecule has 0 saturated carbocycles. The van der Waals surface area contributed by atoms with E-state index in [2.05, 4.69) is 21.0 Å². The van der Waals surface area contributed by atoms with Crippen molar-refractivity contribution in [3.8, 4) is 5.75 Å². The maximum absolute atomic E-state index is 13.0. The predicted octanol–water partition coefficient (Wildman–Crippen LogP) is 5.10. The van der Waals surface area contributed by atoms with E-state index in [9.17, 15) is 4.79 Å². The Hall–Kier alpha value is -2.38. The molecule has 3 heterocycles. The van der Waals surface area contributed by atoms with Crippen LogP contribution < -0.4 is 4.74 Å². The maximum atomic E-state index is 13.0. The summed E-state index contributed by atoms with van der Waals surface area (Å²) in [5.41, 5.74) is 1.87. The molecular weight excluding hydrogens is 416 g/mol. The fourth-order valence-corrected chi connectivity index (χ4v) is 3.97. The number of ether oxygens (including phenoxy) is 1. The molecule has 2 aromatic heterocycles. The van der Waals surface area contributed by atoms with Crippen molar-refractivity contribution in [3.05, 3.63) is 74.8 Å². The first-order valence-electron chi connectivity index (χ1n) is 8.00. The smallest absolute Gasteiger partial charge is 0.310 e. The number of amides is 1. The first kappa shape index (κ1) is 17.1. The molecule has 0 bridgehead atoms. The van der Waals surface area contributed by atoms with Gasteiger partial charge >= 0.3 is 5.91 Å². The van der Waals surface area contributed by atoms with Crippen LogP contribution in [0.25, 0.3) is 0 Å². The maximum Gasteiger partial charge on any atom is 0.310 e. The van der Waals surface area contributed by atoms with Gasteiger partial charge in [-0.3, -0.25) is 4.79 Å². The summed E-state index contributed by atoms with van der Waals surface area (Å²) in [6.07, 6.45) is 0.640. The van der Waals surface area contributed by atoms with Crippen molar-refractivity contribution >= 4 is 38.9 Å². The number of halogens is 1. The summed E-state index contributed by atoms with van der Waals surface area (Å²) < 4.78 is 11.3. The van der Waals surface area contributed by atoms with Gasteiger partial charge in [0.05, 0.1) is 23.7 Å².